The van der Waals surface area contributed by atoms with Gasteiger partial charge in [-0.2, -0.15) is 0 Å². The molecule has 2 aliphatic heterocycles. The highest BCUT2D eigenvalue weighted by molar-refractivity contribution is 6.74. The van der Waals surface area contributed by atoms with Crippen LogP contribution in [0, 0.1) is 0 Å². The van der Waals surface area contributed by atoms with Crippen LogP contribution in [0.25, 0.3) is 11.1 Å². The molecule has 200 valence electrons. The summed E-state index contributed by atoms with van der Waals surface area (Å²) in [5.41, 5.74) is 3.98. The molecule has 0 radical (unpaired) electrons. The number of aliphatic hydroxyl groups is 1. The highest BCUT2D eigenvalue weighted by Crippen LogP contribution is 2.45. The number of carbonyl (C=O) groups excluding carboxylic acids is 1. The van der Waals surface area contributed by atoms with Crippen LogP contribution in [0.5, 0.6) is 0 Å². The van der Waals surface area contributed by atoms with Crippen LogP contribution in [0.4, 0.5) is 4.79 Å². The van der Waals surface area contributed by atoms with E-state index in [1.165, 1.54) is 22.3 Å². The molecule has 2 heterocycles. The fourth-order valence-electron chi connectivity index (χ4n) is 5.96. The number of rotatable bonds is 6. The number of amides is 1. The van der Waals surface area contributed by atoms with Crippen molar-refractivity contribution in [1.29, 1.82) is 0 Å². The molecular formula is C30H41NO5Si. The molecule has 0 spiro atoms. The number of nitrogens with zero attached hydrogens (tertiary/aromatic N) is 1. The van der Waals surface area contributed by atoms with Crippen LogP contribution < -0.4 is 0 Å². The van der Waals surface area contributed by atoms with Gasteiger partial charge in [0.25, 0.3) is 0 Å². The van der Waals surface area contributed by atoms with E-state index in [4.69, 9.17) is 13.9 Å². The molecule has 0 saturated carbocycles. The Bertz CT molecular complexity index is 1080. The highest BCUT2D eigenvalue weighted by Gasteiger charge is 2.49. The third-order valence-corrected chi connectivity index (χ3v) is 13.6. The number of hydrogen-bond acceptors (Lipinski definition) is 5. The van der Waals surface area contributed by atoms with Crippen molar-refractivity contribution in [2.45, 2.75) is 81.8 Å². The first kappa shape index (κ1) is 26.4. The maximum Gasteiger partial charge on any atom is 0.410 e. The molecule has 1 N–H and O–H groups in total. The van der Waals surface area contributed by atoms with Crippen molar-refractivity contribution < 1.29 is 23.8 Å². The Labute approximate surface area is 222 Å². The van der Waals surface area contributed by atoms with Crippen molar-refractivity contribution in [1.82, 2.24) is 4.90 Å². The van der Waals surface area contributed by atoms with E-state index in [1.54, 1.807) is 0 Å². The van der Waals surface area contributed by atoms with Gasteiger partial charge in [-0.3, -0.25) is 4.90 Å². The lowest BCUT2D eigenvalue weighted by atomic mass is 9.79. The van der Waals surface area contributed by atoms with Gasteiger partial charge in [-0.05, 0) is 59.6 Å². The topological polar surface area (TPSA) is 68.2 Å². The van der Waals surface area contributed by atoms with Gasteiger partial charge >= 0.3 is 6.09 Å². The third-order valence-electron chi connectivity index (χ3n) is 9.02. The van der Waals surface area contributed by atoms with Crippen LogP contribution >= 0.6 is 0 Å². The average Bonchev–Trinajstić information content (AvgIpc) is 3.15. The SMILES string of the molecule is CC(C)(C)[Si](C)(C)OCCC1(O)CC2COCC(C1)N2C(=O)OCC1c2ccccc2-c2ccccc21. The number of piperidine rings is 1. The fraction of sp³-hybridized carbons (Fsp3) is 0.567. The lowest BCUT2D eigenvalue weighted by Crippen LogP contribution is -2.63. The smallest absolute Gasteiger partial charge is 0.410 e. The van der Waals surface area contributed by atoms with Crippen LogP contribution in [-0.2, 0) is 13.9 Å². The standard InChI is InChI=1S/C30H41NO5Si/c1-29(2,3)37(4,5)36-15-14-30(33)16-21-18-34-19-22(17-30)31(21)28(32)35-20-27-25-12-8-6-10-23(25)24-11-7-9-13-26(24)27/h6-13,21-22,27,33H,14-20H2,1-5H3. The number of hydrogen-bond donors (Lipinski definition) is 1. The summed E-state index contributed by atoms with van der Waals surface area (Å²) in [6, 6.07) is 16.3. The summed E-state index contributed by atoms with van der Waals surface area (Å²) in [7, 11) is -1.88. The Morgan fingerprint density at radius 3 is 2.11 bits per heavy atom. The third kappa shape index (κ3) is 5.11. The number of fused-ring (bicyclic) bond motifs is 5. The van der Waals surface area contributed by atoms with E-state index in [0.29, 0.717) is 45.7 Å². The monoisotopic (exact) mass is 523 g/mol. The second kappa shape index (κ2) is 9.84. The van der Waals surface area contributed by atoms with Gasteiger partial charge in [0.1, 0.15) is 6.61 Å². The van der Waals surface area contributed by atoms with Crippen molar-refractivity contribution >= 4 is 14.4 Å². The highest BCUT2D eigenvalue weighted by atomic mass is 28.4. The maximum absolute atomic E-state index is 13.4. The van der Waals surface area contributed by atoms with Gasteiger partial charge in [0.05, 0.1) is 30.9 Å². The molecule has 7 heteroatoms. The van der Waals surface area contributed by atoms with Crippen molar-refractivity contribution in [3.05, 3.63) is 59.7 Å². The number of ether oxygens (including phenoxy) is 2. The van der Waals surface area contributed by atoms with Gasteiger partial charge in [-0.15, -0.1) is 0 Å². The minimum absolute atomic E-state index is 0.0293. The normalized spacial score (nSPS) is 25.5. The molecule has 3 aliphatic rings. The van der Waals surface area contributed by atoms with Gasteiger partial charge in [0, 0.05) is 12.5 Å². The largest absolute Gasteiger partial charge is 0.448 e. The van der Waals surface area contributed by atoms with Gasteiger partial charge in [0.2, 0.25) is 0 Å². The second-order valence-corrected chi connectivity index (χ2v) is 17.4. The first-order chi connectivity index (χ1) is 17.5. The quantitative estimate of drug-likeness (QED) is 0.475. The zero-order chi connectivity index (χ0) is 26.4. The van der Waals surface area contributed by atoms with Crippen LogP contribution in [0.2, 0.25) is 18.1 Å². The Morgan fingerprint density at radius 2 is 1.57 bits per heavy atom. The maximum atomic E-state index is 13.4. The van der Waals surface area contributed by atoms with E-state index in [9.17, 15) is 9.90 Å². The molecular weight excluding hydrogens is 482 g/mol. The van der Waals surface area contributed by atoms with E-state index in [1.807, 2.05) is 17.0 Å². The molecule has 2 bridgehead atoms. The molecule has 37 heavy (non-hydrogen) atoms. The summed E-state index contributed by atoms with van der Waals surface area (Å²) >= 11 is 0. The van der Waals surface area contributed by atoms with Gasteiger partial charge in [0.15, 0.2) is 8.32 Å². The lowest BCUT2D eigenvalue weighted by molar-refractivity contribution is -0.137. The van der Waals surface area contributed by atoms with Crippen molar-refractivity contribution in [2.75, 3.05) is 26.4 Å². The zero-order valence-electron chi connectivity index (χ0n) is 22.8. The number of benzene rings is 2. The Morgan fingerprint density at radius 1 is 1.03 bits per heavy atom. The van der Waals surface area contributed by atoms with E-state index in [2.05, 4.69) is 70.3 Å². The predicted molar refractivity (Wildman–Crippen MR) is 147 cm³/mol. The number of carbonyl (C=O) groups is 1. The summed E-state index contributed by atoms with van der Waals surface area (Å²) in [4.78, 5) is 15.2. The fourth-order valence-corrected chi connectivity index (χ4v) is 7.00. The molecule has 2 fully saturated rings. The second-order valence-electron chi connectivity index (χ2n) is 12.5. The molecule has 2 aromatic rings. The van der Waals surface area contributed by atoms with Crippen molar-refractivity contribution in [2.24, 2.45) is 0 Å². The average molecular weight is 524 g/mol. The van der Waals surface area contributed by atoms with Crippen molar-refractivity contribution in [3.63, 3.8) is 0 Å². The molecule has 5 rings (SSSR count). The predicted octanol–water partition coefficient (Wildman–Crippen LogP) is 5.94. The van der Waals surface area contributed by atoms with Crippen LogP contribution in [0.1, 0.15) is 57.1 Å². The summed E-state index contributed by atoms with van der Waals surface area (Å²) < 4.78 is 18.1. The molecule has 6 nitrogen and oxygen atoms in total. The number of morpholine rings is 1. The summed E-state index contributed by atoms with van der Waals surface area (Å²) in [5.74, 6) is 0.0293. The van der Waals surface area contributed by atoms with Crippen LogP contribution in [-0.4, -0.2) is 68.5 Å². The summed E-state index contributed by atoms with van der Waals surface area (Å²) in [6.45, 7) is 12.8. The van der Waals surface area contributed by atoms with Crippen molar-refractivity contribution in [3.8, 4) is 11.1 Å². The first-order valence-electron chi connectivity index (χ1n) is 13.6. The molecule has 0 aromatic heterocycles. The molecule has 2 atom stereocenters. The Balaban J connectivity index is 1.23. The Kier molecular flexibility index (Phi) is 7.03. The first-order valence-corrected chi connectivity index (χ1v) is 16.5. The molecule has 1 amide bonds. The molecule has 1 aliphatic carbocycles. The molecule has 2 saturated heterocycles. The zero-order valence-corrected chi connectivity index (χ0v) is 23.8. The van der Waals surface area contributed by atoms with Crippen LogP contribution in [0.3, 0.4) is 0 Å². The summed E-state index contributed by atoms with van der Waals surface area (Å²) in [5, 5.41) is 11.6. The van der Waals surface area contributed by atoms with Crippen LogP contribution in [0.15, 0.2) is 48.5 Å². The Hall–Kier alpha value is -2.19. The van der Waals surface area contributed by atoms with Gasteiger partial charge < -0.3 is 19.0 Å². The minimum atomic E-state index is -1.88. The molecule has 2 aromatic carbocycles. The van der Waals surface area contributed by atoms with E-state index in [0.717, 1.165) is 0 Å². The lowest BCUT2D eigenvalue weighted by Gasteiger charge is -2.51. The van der Waals surface area contributed by atoms with E-state index < -0.39 is 13.9 Å². The van der Waals surface area contributed by atoms with Gasteiger partial charge in [-0.1, -0.05) is 69.3 Å². The van der Waals surface area contributed by atoms with E-state index in [-0.39, 0.29) is 29.1 Å². The molecule has 2 unspecified atom stereocenters. The summed E-state index contributed by atoms with van der Waals surface area (Å²) in [6.07, 6.45) is 1.23. The van der Waals surface area contributed by atoms with E-state index >= 15 is 0 Å². The van der Waals surface area contributed by atoms with Gasteiger partial charge in [-0.25, -0.2) is 4.79 Å². The minimum Gasteiger partial charge on any atom is -0.448 e.